The minimum absolute atomic E-state index is 0.127. The van der Waals surface area contributed by atoms with Crippen molar-refractivity contribution >= 4 is 44.9 Å². The summed E-state index contributed by atoms with van der Waals surface area (Å²) in [5, 5.41) is 8.24. The normalized spacial score (nSPS) is 10.9. The number of fused-ring (bicyclic) bond motifs is 1. The third kappa shape index (κ3) is 3.88. The Morgan fingerprint density at radius 1 is 1.10 bits per heavy atom. The first-order valence-corrected chi connectivity index (χ1v) is 9.62. The molecule has 0 aliphatic carbocycles. The molecule has 8 heteroatoms. The monoisotopic (exact) mass is 409 g/mol. The summed E-state index contributed by atoms with van der Waals surface area (Å²) in [5.41, 5.74) is 3.27. The second kappa shape index (κ2) is 7.48. The van der Waals surface area contributed by atoms with Crippen molar-refractivity contribution in [2.45, 2.75) is 13.8 Å². The fourth-order valence-corrected chi connectivity index (χ4v) is 3.67. The number of anilines is 2. The maximum absolute atomic E-state index is 13.5. The van der Waals surface area contributed by atoms with Crippen molar-refractivity contribution in [3.63, 3.8) is 0 Å². The van der Waals surface area contributed by atoms with Crippen LogP contribution in [0.4, 0.5) is 15.2 Å². The van der Waals surface area contributed by atoms with E-state index in [9.17, 15) is 14.0 Å². The van der Waals surface area contributed by atoms with E-state index in [1.165, 1.54) is 36.5 Å². The number of hydrogen-bond donors (Lipinski definition) is 2. The van der Waals surface area contributed by atoms with Crippen LogP contribution in [0.25, 0.3) is 22.2 Å². The van der Waals surface area contributed by atoms with Crippen LogP contribution in [0.2, 0.25) is 0 Å². The minimum Gasteiger partial charge on any atom is -0.451 e. The number of aromatic nitrogens is 1. The summed E-state index contributed by atoms with van der Waals surface area (Å²) in [7, 11) is 0. The molecule has 2 amide bonds. The van der Waals surface area contributed by atoms with Crippen LogP contribution in [-0.2, 0) is 4.79 Å². The molecule has 2 N–H and O–H groups in total. The molecule has 4 aromatic rings. The largest absolute Gasteiger partial charge is 0.451 e. The van der Waals surface area contributed by atoms with Crippen molar-refractivity contribution in [2.75, 3.05) is 10.6 Å². The predicted octanol–water partition coefficient (Wildman–Crippen LogP) is 5.21. The first-order valence-electron chi connectivity index (χ1n) is 8.74. The molecule has 0 aliphatic rings. The van der Waals surface area contributed by atoms with Gasteiger partial charge in [0.1, 0.15) is 11.4 Å². The molecule has 6 nitrogen and oxygen atoms in total. The predicted molar refractivity (Wildman–Crippen MR) is 111 cm³/mol. The molecule has 146 valence electrons. The van der Waals surface area contributed by atoms with Crippen LogP contribution in [0.3, 0.4) is 0 Å². The lowest BCUT2D eigenvalue weighted by Crippen LogP contribution is -2.11. The van der Waals surface area contributed by atoms with Crippen molar-refractivity contribution in [3.8, 4) is 11.3 Å². The average Bonchev–Trinajstić information content (AvgIpc) is 3.27. The molecular formula is C21H16FN3O3S. The Balaban J connectivity index is 1.52. The zero-order valence-corrected chi connectivity index (χ0v) is 16.4. The first-order chi connectivity index (χ1) is 13.9. The molecule has 0 saturated carbocycles. The second-order valence-electron chi connectivity index (χ2n) is 6.45. The molecule has 0 aliphatic heterocycles. The molecule has 29 heavy (non-hydrogen) atoms. The number of furan rings is 1. The maximum atomic E-state index is 13.5. The Kier molecular flexibility index (Phi) is 4.85. The number of carbonyl (C=O) groups excluding carboxylic acids is 2. The van der Waals surface area contributed by atoms with Gasteiger partial charge in [-0.2, -0.15) is 0 Å². The van der Waals surface area contributed by atoms with Gasteiger partial charge in [-0.3, -0.25) is 14.9 Å². The van der Waals surface area contributed by atoms with E-state index in [1.807, 2.05) is 17.5 Å². The molecule has 2 heterocycles. The molecule has 4 rings (SSSR count). The zero-order valence-electron chi connectivity index (χ0n) is 15.6. The Labute approximate surface area is 169 Å². The molecule has 0 atom stereocenters. The summed E-state index contributed by atoms with van der Waals surface area (Å²) in [5.74, 6) is -0.842. The van der Waals surface area contributed by atoms with E-state index in [4.69, 9.17) is 4.42 Å². The van der Waals surface area contributed by atoms with E-state index in [2.05, 4.69) is 15.6 Å². The molecular weight excluding hydrogens is 393 g/mol. The van der Waals surface area contributed by atoms with Crippen LogP contribution in [0, 0.1) is 12.7 Å². The second-order valence-corrected chi connectivity index (χ2v) is 7.31. The molecule has 0 saturated heterocycles. The van der Waals surface area contributed by atoms with Crippen LogP contribution in [-0.4, -0.2) is 16.8 Å². The number of rotatable bonds is 4. The number of amides is 2. The van der Waals surface area contributed by atoms with Crippen LogP contribution in [0.5, 0.6) is 0 Å². The van der Waals surface area contributed by atoms with Crippen molar-refractivity contribution in [1.29, 1.82) is 0 Å². The topological polar surface area (TPSA) is 84.2 Å². The highest BCUT2D eigenvalue weighted by Crippen LogP contribution is 2.29. The number of nitrogens with zero attached hydrogens (tertiary/aromatic N) is 1. The van der Waals surface area contributed by atoms with Crippen molar-refractivity contribution in [2.24, 2.45) is 0 Å². The van der Waals surface area contributed by atoms with Crippen LogP contribution >= 0.6 is 11.3 Å². The van der Waals surface area contributed by atoms with Crippen molar-refractivity contribution in [3.05, 3.63) is 65.0 Å². The SMILES string of the molecule is CC(=O)Nc1ccc(-c2csc(NC(=O)c3oc4ccc(F)cc4c3C)n2)cc1. The van der Waals surface area contributed by atoms with Gasteiger partial charge < -0.3 is 9.73 Å². The highest BCUT2D eigenvalue weighted by atomic mass is 32.1. The van der Waals surface area contributed by atoms with Crippen LogP contribution < -0.4 is 10.6 Å². The van der Waals surface area contributed by atoms with Gasteiger partial charge >= 0.3 is 0 Å². The number of hydrogen-bond acceptors (Lipinski definition) is 5. The van der Waals surface area contributed by atoms with E-state index in [-0.39, 0.29) is 17.5 Å². The smallest absolute Gasteiger partial charge is 0.293 e. The number of benzene rings is 2. The Morgan fingerprint density at radius 2 is 1.86 bits per heavy atom. The number of carbonyl (C=O) groups is 2. The summed E-state index contributed by atoms with van der Waals surface area (Å²) in [6.45, 7) is 3.16. The molecule has 0 unspecified atom stereocenters. The van der Waals surface area contributed by atoms with Gasteiger partial charge in [0.2, 0.25) is 5.91 Å². The lowest BCUT2D eigenvalue weighted by Gasteiger charge is -2.03. The summed E-state index contributed by atoms with van der Waals surface area (Å²) in [4.78, 5) is 28.1. The number of thiazole rings is 1. The molecule has 0 spiro atoms. The highest BCUT2D eigenvalue weighted by Gasteiger charge is 2.19. The Bertz CT molecular complexity index is 1230. The fraction of sp³-hybridized carbons (Fsp3) is 0.0952. The van der Waals surface area contributed by atoms with Gasteiger partial charge in [-0.1, -0.05) is 12.1 Å². The lowest BCUT2D eigenvalue weighted by molar-refractivity contribution is -0.114. The standard InChI is InChI=1S/C21H16FN3O3S/c1-11-16-9-14(22)5-8-18(16)28-19(11)20(27)25-21-24-17(10-29-21)13-3-6-15(7-4-13)23-12(2)26/h3-10H,1-2H3,(H,23,26)(H,24,25,27). The third-order valence-corrected chi connectivity index (χ3v) is 5.09. The van der Waals surface area contributed by atoms with Gasteiger partial charge in [0.15, 0.2) is 10.9 Å². The lowest BCUT2D eigenvalue weighted by atomic mass is 10.1. The minimum atomic E-state index is -0.444. The number of halogens is 1. The first kappa shape index (κ1) is 18.8. The number of aryl methyl sites for hydroxylation is 1. The zero-order chi connectivity index (χ0) is 20.5. The average molecular weight is 409 g/mol. The Hall–Kier alpha value is -3.52. The summed E-state index contributed by atoms with van der Waals surface area (Å²) >= 11 is 1.28. The fourth-order valence-electron chi connectivity index (χ4n) is 2.95. The highest BCUT2D eigenvalue weighted by molar-refractivity contribution is 7.14. The molecule has 2 aromatic carbocycles. The summed E-state index contributed by atoms with van der Waals surface area (Å²) in [6.07, 6.45) is 0. The van der Waals surface area contributed by atoms with Gasteiger partial charge in [0.05, 0.1) is 5.69 Å². The van der Waals surface area contributed by atoms with Crippen LogP contribution in [0.15, 0.2) is 52.3 Å². The Morgan fingerprint density at radius 3 is 2.59 bits per heavy atom. The van der Waals surface area contributed by atoms with E-state index in [1.54, 1.807) is 19.1 Å². The van der Waals surface area contributed by atoms with E-state index in [0.717, 1.165) is 5.56 Å². The van der Waals surface area contributed by atoms with Gasteiger partial charge in [0.25, 0.3) is 5.91 Å². The van der Waals surface area contributed by atoms with E-state index < -0.39 is 5.91 Å². The third-order valence-electron chi connectivity index (χ3n) is 4.33. The summed E-state index contributed by atoms with van der Waals surface area (Å²) in [6, 6.07) is 11.4. The van der Waals surface area contributed by atoms with Gasteiger partial charge in [-0.05, 0) is 37.3 Å². The van der Waals surface area contributed by atoms with Crippen molar-refractivity contribution < 1.29 is 18.4 Å². The molecule has 2 aromatic heterocycles. The van der Waals surface area contributed by atoms with E-state index in [0.29, 0.717) is 33.0 Å². The summed E-state index contributed by atoms with van der Waals surface area (Å²) < 4.78 is 19.0. The molecule has 0 radical (unpaired) electrons. The van der Waals surface area contributed by atoms with E-state index >= 15 is 0 Å². The quantitative estimate of drug-likeness (QED) is 0.484. The van der Waals surface area contributed by atoms with Crippen LogP contribution in [0.1, 0.15) is 23.0 Å². The van der Waals surface area contributed by atoms with Gasteiger partial charge in [0, 0.05) is 34.5 Å². The molecule has 0 fully saturated rings. The van der Waals surface area contributed by atoms with Gasteiger partial charge in [-0.25, -0.2) is 9.37 Å². The van der Waals surface area contributed by atoms with Crippen molar-refractivity contribution in [1.82, 2.24) is 4.98 Å². The number of nitrogens with one attached hydrogen (secondary N) is 2. The maximum Gasteiger partial charge on any atom is 0.293 e. The van der Waals surface area contributed by atoms with Gasteiger partial charge in [-0.15, -0.1) is 11.3 Å². The molecule has 0 bridgehead atoms.